The Morgan fingerprint density at radius 2 is 1.43 bits per heavy atom. The molecule has 0 saturated heterocycles. The lowest BCUT2D eigenvalue weighted by atomic mass is 10.1. The number of ether oxygens (including phenoxy) is 2. The molecule has 0 radical (unpaired) electrons. The summed E-state index contributed by atoms with van der Waals surface area (Å²) >= 11 is 0. The van der Waals surface area contributed by atoms with Crippen LogP contribution in [0.4, 0.5) is 0 Å². The number of phosphoric acid groups is 1. The Balaban J connectivity index is 3.82. The number of esters is 1. The number of nitrogens with zero attached hydrogens (tertiary/aromatic N) is 1. The summed E-state index contributed by atoms with van der Waals surface area (Å²) in [5.41, 5.74) is 0. The van der Waals surface area contributed by atoms with E-state index < -0.39 is 19.9 Å². The van der Waals surface area contributed by atoms with E-state index in [0.717, 1.165) is 25.7 Å². The number of allylic oxidation sites excluding steroid dienone is 4. The standard InChI is InChI=1S/C28H54NO7P/c1-6-7-8-9-10-11-12-13-14-15-16-17-18-19-20-21-23-33-25-28(36-27(2)30)26-35-37(31,32)34-24-22-29(3,4)5/h10-11,13-14,28H,6-9,12,15-26H2,1-5H3/p+1/b11-10-,14-13-. The van der Waals surface area contributed by atoms with Crippen molar-refractivity contribution < 1.29 is 37.3 Å². The highest BCUT2D eigenvalue weighted by Crippen LogP contribution is 2.43. The van der Waals surface area contributed by atoms with E-state index in [-0.39, 0.29) is 19.8 Å². The van der Waals surface area contributed by atoms with Gasteiger partial charge in [0.2, 0.25) is 0 Å². The van der Waals surface area contributed by atoms with Crippen LogP contribution >= 0.6 is 7.82 Å². The van der Waals surface area contributed by atoms with Crippen LogP contribution in [0, 0.1) is 0 Å². The third-order valence-corrected chi connectivity index (χ3v) is 6.55. The molecule has 0 aromatic rings. The Bertz CT molecular complexity index is 661. The van der Waals surface area contributed by atoms with Crippen LogP contribution in [-0.2, 0) is 27.9 Å². The zero-order chi connectivity index (χ0) is 27.8. The third kappa shape index (κ3) is 27.8. The Kier molecular flexibility index (Phi) is 22.3. The van der Waals surface area contributed by atoms with Crippen LogP contribution in [0.25, 0.3) is 0 Å². The number of likely N-dealkylation sites (N-methyl/N-ethyl adjacent to an activating group) is 1. The predicted octanol–water partition coefficient (Wildman–Crippen LogP) is 6.59. The quantitative estimate of drug-likeness (QED) is 0.0452. The summed E-state index contributed by atoms with van der Waals surface area (Å²) in [5.74, 6) is -0.496. The van der Waals surface area contributed by atoms with Crippen molar-refractivity contribution in [1.29, 1.82) is 0 Å². The molecule has 2 atom stereocenters. The number of phosphoric ester groups is 1. The lowest BCUT2D eigenvalue weighted by Crippen LogP contribution is -2.37. The van der Waals surface area contributed by atoms with Gasteiger partial charge in [-0.2, -0.15) is 0 Å². The zero-order valence-electron chi connectivity index (χ0n) is 24.2. The maximum absolute atomic E-state index is 12.0. The average Bonchev–Trinajstić information content (AvgIpc) is 2.80. The second-order valence-electron chi connectivity index (χ2n) is 10.5. The molecule has 0 saturated carbocycles. The summed E-state index contributed by atoms with van der Waals surface area (Å²) in [6, 6.07) is 0. The normalized spacial score (nSPS) is 14.9. The monoisotopic (exact) mass is 548 g/mol. The first-order chi connectivity index (χ1) is 17.6. The van der Waals surface area contributed by atoms with Gasteiger partial charge in [0, 0.05) is 13.5 Å². The Labute approximate surface area is 226 Å². The van der Waals surface area contributed by atoms with E-state index in [1.165, 1.54) is 58.3 Å². The van der Waals surface area contributed by atoms with Gasteiger partial charge in [0.1, 0.15) is 19.3 Å². The fourth-order valence-electron chi connectivity index (χ4n) is 3.40. The van der Waals surface area contributed by atoms with Gasteiger partial charge < -0.3 is 18.9 Å². The molecule has 0 heterocycles. The maximum atomic E-state index is 12.0. The number of rotatable bonds is 25. The van der Waals surface area contributed by atoms with E-state index in [1.807, 2.05) is 21.1 Å². The van der Waals surface area contributed by atoms with Gasteiger partial charge in [-0.1, -0.05) is 69.8 Å². The molecule has 0 aliphatic rings. The Hall–Kier alpha value is -1.02. The van der Waals surface area contributed by atoms with Crippen LogP contribution in [0.5, 0.6) is 0 Å². The minimum atomic E-state index is -4.22. The van der Waals surface area contributed by atoms with Crippen molar-refractivity contribution in [3.63, 3.8) is 0 Å². The van der Waals surface area contributed by atoms with E-state index >= 15 is 0 Å². The van der Waals surface area contributed by atoms with E-state index in [0.29, 0.717) is 17.6 Å². The molecular formula is C28H55NO7P+. The number of quaternary nitrogens is 1. The number of unbranched alkanes of at least 4 members (excludes halogenated alkanes) is 9. The number of hydrogen-bond donors (Lipinski definition) is 1. The summed E-state index contributed by atoms with van der Waals surface area (Å²) in [6.07, 6.45) is 22.5. The van der Waals surface area contributed by atoms with Crippen molar-refractivity contribution in [3.8, 4) is 0 Å². The third-order valence-electron chi connectivity index (χ3n) is 5.57. The molecule has 1 N–H and O–H groups in total. The van der Waals surface area contributed by atoms with Crippen LogP contribution in [0.3, 0.4) is 0 Å². The lowest BCUT2D eigenvalue weighted by molar-refractivity contribution is -0.870. The van der Waals surface area contributed by atoms with E-state index in [9.17, 15) is 14.3 Å². The van der Waals surface area contributed by atoms with Crippen LogP contribution < -0.4 is 0 Å². The Morgan fingerprint density at radius 1 is 0.838 bits per heavy atom. The van der Waals surface area contributed by atoms with Crippen LogP contribution in [0.1, 0.15) is 90.9 Å². The van der Waals surface area contributed by atoms with Crippen molar-refractivity contribution in [3.05, 3.63) is 24.3 Å². The van der Waals surface area contributed by atoms with E-state index in [4.69, 9.17) is 18.5 Å². The first kappa shape index (κ1) is 36.0. The number of carbonyl (C=O) groups is 1. The fourth-order valence-corrected chi connectivity index (χ4v) is 4.14. The summed E-state index contributed by atoms with van der Waals surface area (Å²) in [4.78, 5) is 21.2. The fraction of sp³-hybridized carbons (Fsp3) is 0.821. The molecular weight excluding hydrogens is 493 g/mol. The van der Waals surface area contributed by atoms with Crippen LogP contribution in [0.2, 0.25) is 0 Å². The van der Waals surface area contributed by atoms with Gasteiger partial charge in [0.05, 0.1) is 34.4 Å². The highest BCUT2D eigenvalue weighted by molar-refractivity contribution is 7.47. The second kappa shape index (κ2) is 22.9. The van der Waals surface area contributed by atoms with Gasteiger partial charge in [0.15, 0.2) is 0 Å². The predicted molar refractivity (Wildman–Crippen MR) is 150 cm³/mol. The molecule has 37 heavy (non-hydrogen) atoms. The average molecular weight is 549 g/mol. The van der Waals surface area contributed by atoms with Gasteiger partial charge in [-0.05, 0) is 38.5 Å². The molecule has 0 aliphatic heterocycles. The summed E-state index contributed by atoms with van der Waals surface area (Å²) in [6.45, 7) is 4.55. The molecule has 0 aromatic heterocycles. The Morgan fingerprint density at radius 3 is 2.03 bits per heavy atom. The van der Waals surface area contributed by atoms with Crippen LogP contribution in [-0.4, -0.2) is 75.6 Å². The molecule has 0 amide bonds. The van der Waals surface area contributed by atoms with E-state index in [1.54, 1.807) is 0 Å². The van der Waals surface area contributed by atoms with E-state index in [2.05, 4.69) is 31.2 Å². The molecule has 0 fully saturated rings. The van der Waals surface area contributed by atoms with Gasteiger partial charge in [-0.25, -0.2) is 4.57 Å². The summed E-state index contributed by atoms with van der Waals surface area (Å²) < 4.78 is 33.4. The molecule has 0 bridgehead atoms. The van der Waals surface area contributed by atoms with Crippen LogP contribution in [0.15, 0.2) is 24.3 Å². The van der Waals surface area contributed by atoms with Crippen molar-refractivity contribution in [2.24, 2.45) is 0 Å². The molecule has 0 spiro atoms. The summed E-state index contributed by atoms with van der Waals surface area (Å²) in [7, 11) is 1.64. The minimum absolute atomic E-state index is 0.0829. The van der Waals surface area contributed by atoms with Crippen molar-refractivity contribution >= 4 is 13.8 Å². The van der Waals surface area contributed by atoms with Crippen molar-refractivity contribution in [2.45, 2.75) is 97.0 Å². The number of hydrogen-bond acceptors (Lipinski definition) is 6. The van der Waals surface area contributed by atoms with Gasteiger partial charge in [-0.3, -0.25) is 13.8 Å². The molecule has 0 aromatic carbocycles. The van der Waals surface area contributed by atoms with Crippen molar-refractivity contribution in [2.75, 3.05) is 54.1 Å². The smallest absolute Gasteiger partial charge is 0.458 e. The maximum Gasteiger partial charge on any atom is 0.472 e. The molecule has 9 heteroatoms. The van der Waals surface area contributed by atoms with Gasteiger partial charge in [-0.15, -0.1) is 0 Å². The van der Waals surface area contributed by atoms with Gasteiger partial charge >= 0.3 is 13.8 Å². The highest BCUT2D eigenvalue weighted by Gasteiger charge is 2.25. The molecule has 0 aliphatic carbocycles. The van der Waals surface area contributed by atoms with Crippen molar-refractivity contribution in [1.82, 2.24) is 0 Å². The summed E-state index contributed by atoms with van der Waals surface area (Å²) in [5, 5.41) is 0. The molecule has 0 rings (SSSR count). The second-order valence-corrected chi connectivity index (χ2v) is 12.0. The SMILES string of the molecule is CCCCC/C=C\C/C=C\CCCCCCCCOCC(COP(=O)(O)OCC[N+](C)(C)C)OC(C)=O. The lowest BCUT2D eigenvalue weighted by Gasteiger charge is -2.24. The topological polar surface area (TPSA) is 91.3 Å². The molecule has 218 valence electrons. The molecule has 2 unspecified atom stereocenters. The molecule has 8 nitrogen and oxygen atoms in total. The largest absolute Gasteiger partial charge is 0.472 e. The first-order valence-corrected chi connectivity index (χ1v) is 15.5. The number of carbonyl (C=O) groups excluding carboxylic acids is 1. The highest BCUT2D eigenvalue weighted by atomic mass is 31.2. The first-order valence-electron chi connectivity index (χ1n) is 14.0. The minimum Gasteiger partial charge on any atom is -0.458 e. The zero-order valence-corrected chi connectivity index (χ0v) is 25.1. The van der Waals surface area contributed by atoms with Gasteiger partial charge in [0.25, 0.3) is 0 Å².